The highest BCUT2D eigenvalue weighted by Gasteiger charge is 2.14. The van der Waals surface area contributed by atoms with E-state index < -0.39 is 5.97 Å². The molecule has 0 radical (unpaired) electrons. The zero-order valence-corrected chi connectivity index (χ0v) is 16.3. The molecule has 0 unspecified atom stereocenters. The molecule has 1 aromatic heterocycles. The molecule has 3 aromatic rings. The van der Waals surface area contributed by atoms with Gasteiger partial charge in [0.05, 0.1) is 23.6 Å². The molecule has 0 amide bonds. The quantitative estimate of drug-likeness (QED) is 0.352. The molecule has 0 atom stereocenters. The Morgan fingerprint density at radius 3 is 2.67 bits per heavy atom. The number of carbonyl (C=O) groups is 1. The highest BCUT2D eigenvalue weighted by Crippen LogP contribution is 2.20. The van der Waals surface area contributed by atoms with E-state index in [1.807, 2.05) is 18.2 Å². The topological polar surface area (TPSA) is 61.2 Å². The molecule has 2 aromatic carbocycles. The van der Waals surface area contributed by atoms with Gasteiger partial charge in [0.2, 0.25) is 0 Å². The van der Waals surface area contributed by atoms with Crippen LogP contribution in [0.25, 0.3) is 10.9 Å². The number of ether oxygens (including phenoxy) is 1. The Labute approximate surface area is 162 Å². The van der Waals surface area contributed by atoms with E-state index in [-0.39, 0.29) is 5.56 Å². The molecule has 27 heavy (non-hydrogen) atoms. The predicted octanol–water partition coefficient (Wildman–Crippen LogP) is 3.93. The summed E-state index contributed by atoms with van der Waals surface area (Å²) in [4.78, 5) is 29.5. The first kappa shape index (κ1) is 19.2. The number of thioether (sulfide) groups is 1. The number of hydrogen-bond donors (Lipinski definition) is 0. The molecule has 0 bridgehead atoms. The van der Waals surface area contributed by atoms with Gasteiger partial charge in [0.15, 0.2) is 5.16 Å². The third-order valence-electron chi connectivity index (χ3n) is 4.24. The first-order valence-corrected chi connectivity index (χ1v) is 9.92. The van der Waals surface area contributed by atoms with Gasteiger partial charge in [-0.15, -0.1) is 0 Å². The largest absolute Gasteiger partial charge is 0.465 e. The summed E-state index contributed by atoms with van der Waals surface area (Å²) in [6.45, 7) is 2.66. The fourth-order valence-corrected chi connectivity index (χ4v) is 3.71. The van der Waals surface area contributed by atoms with Crippen LogP contribution in [0.2, 0.25) is 0 Å². The molecule has 6 heteroatoms. The highest BCUT2D eigenvalue weighted by molar-refractivity contribution is 7.99. The van der Waals surface area contributed by atoms with E-state index in [9.17, 15) is 9.59 Å². The molecule has 0 aliphatic heterocycles. The Kier molecular flexibility index (Phi) is 6.29. The number of benzene rings is 2. The van der Waals surface area contributed by atoms with Crippen LogP contribution in [0.15, 0.2) is 58.5 Å². The lowest BCUT2D eigenvalue weighted by molar-refractivity contribution is 0.0601. The molecule has 3 rings (SSSR count). The van der Waals surface area contributed by atoms with Crippen LogP contribution in [0.4, 0.5) is 0 Å². The molecule has 0 saturated heterocycles. The smallest absolute Gasteiger partial charge is 0.337 e. The van der Waals surface area contributed by atoms with Gasteiger partial charge in [-0.3, -0.25) is 9.36 Å². The van der Waals surface area contributed by atoms with Gasteiger partial charge in [-0.25, -0.2) is 9.78 Å². The van der Waals surface area contributed by atoms with Gasteiger partial charge in [-0.2, -0.15) is 0 Å². The van der Waals surface area contributed by atoms with Crippen molar-refractivity contribution in [2.45, 2.75) is 31.5 Å². The van der Waals surface area contributed by atoms with Crippen LogP contribution in [0, 0.1) is 0 Å². The van der Waals surface area contributed by atoms with Gasteiger partial charge in [0.25, 0.3) is 5.56 Å². The van der Waals surface area contributed by atoms with E-state index in [1.165, 1.54) is 12.7 Å². The molecule has 0 aliphatic carbocycles. The number of aryl methyl sites for hydroxylation is 1. The summed E-state index contributed by atoms with van der Waals surface area (Å²) in [5.74, 6) is 0.440. The van der Waals surface area contributed by atoms with Gasteiger partial charge in [0.1, 0.15) is 0 Å². The van der Waals surface area contributed by atoms with E-state index in [0.29, 0.717) is 28.2 Å². The maximum Gasteiger partial charge on any atom is 0.337 e. The number of esters is 1. The standard InChI is InChI=1S/C21H22N2O3S/c1-3-13-27-21-22-18-14-16(20(25)26-2)9-10-17(18)19(24)23(21)12-11-15-7-5-4-6-8-15/h4-10,14H,3,11-13H2,1-2H3. The molecular formula is C21H22N2O3S. The van der Waals surface area contributed by atoms with Crippen molar-refractivity contribution in [3.8, 4) is 0 Å². The van der Waals surface area contributed by atoms with E-state index in [2.05, 4.69) is 24.0 Å². The van der Waals surface area contributed by atoms with E-state index >= 15 is 0 Å². The zero-order chi connectivity index (χ0) is 19.2. The third kappa shape index (κ3) is 4.39. The minimum absolute atomic E-state index is 0.0778. The number of nitrogens with zero attached hydrogens (tertiary/aromatic N) is 2. The Balaban J connectivity index is 2.03. The normalized spacial score (nSPS) is 10.9. The summed E-state index contributed by atoms with van der Waals surface area (Å²) in [5.41, 5.74) is 2.02. The van der Waals surface area contributed by atoms with E-state index in [1.54, 1.807) is 34.5 Å². The fourth-order valence-electron chi connectivity index (χ4n) is 2.83. The lowest BCUT2D eigenvalue weighted by Crippen LogP contribution is -2.24. The molecule has 0 N–H and O–H groups in total. The maximum atomic E-state index is 13.1. The molecule has 5 nitrogen and oxygen atoms in total. The van der Waals surface area contributed by atoms with Crippen LogP contribution in [0.3, 0.4) is 0 Å². The number of aromatic nitrogens is 2. The molecule has 0 spiro atoms. The Hall–Kier alpha value is -2.60. The van der Waals surface area contributed by atoms with Crippen molar-refractivity contribution in [3.05, 3.63) is 70.0 Å². The average molecular weight is 382 g/mol. The minimum Gasteiger partial charge on any atom is -0.465 e. The van der Waals surface area contributed by atoms with Crippen LogP contribution in [0.1, 0.15) is 29.3 Å². The van der Waals surface area contributed by atoms with Crippen LogP contribution in [-0.4, -0.2) is 28.4 Å². The van der Waals surface area contributed by atoms with Crippen molar-refractivity contribution in [2.24, 2.45) is 0 Å². The van der Waals surface area contributed by atoms with Gasteiger partial charge in [0, 0.05) is 12.3 Å². The van der Waals surface area contributed by atoms with Crippen molar-refractivity contribution >= 4 is 28.6 Å². The summed E-state index contributed by atoms with van der Waals surface area (Å²) in [7, 11) is 1.34. The number of carbonyl (C=O) groups excluding carboxylic acids is 1. The third-order valence-corrected chi connectivity index (χ3v) is 5.43. The van der Waals surface area contributed by atoms with Crippen LogP contribution < -0.4 is 5.56 Å². The van der Waals surface area contributed by atoms with E-state index in [0.717, 1.165) is 18.6 Å². The van der Waals surface area contributed by atoms with Crippen molar-refractivity contribution in [3.63, 3.8) is 0 Å². The van der Waals surface area contributed by atoms with Gasteiger partial charge in [-0.05, 0) is 36.6 Å². The van der Waals surface area contributed by atoms with Gasteiger partial charge < -0.3 is 4.74 Å². The monoisotopic (exact) mass is 382 g/mol. The summed E-state index contributed by atoms with van der Waals surface area (Å²) in [6.07, 6.45) is 1.74. The SMILES string of the molecule is CCCSc1nc2cc(C(=O)OC)ccc2c(=O)n1CCc1ccccc1. The fraction of sp³-hybridized carbons (Fsp3) is 0.286. The lowest BCUT2D eigenvalue weighted by Gasteiger charge is -2.13. The average Bonchev–Trinajstić information content (AvgIpc) is 2.71. The first-order chi connectivity index (χ1) is 13.1. The lowest BCUT2D eigenvalue weighted by atomic mass is 10.1. The van der Waals surface area contributed by atoms with Crippen LogP contribution in [-0.2, 0) is 17.7 Å². The van der Waals surface area contributed by atoms with Gasteiger partial charge >= 0.3 is 5.97 Å². The Bertz CT molecular complexity index is 999. The number of rotatable bonds is 7. The van der Waals surface area contributed by atoms with Crippen molar-refractivity contribution in [2.75, 3.05) is 12.9 Å². The molecule has 0 aliphatic rings. The molecule has 140 valence electrons. The number of methoxy groups -OCH3 is 1. The Morgan fingerprint density at radius 2 is 1.96 bits per heavy atom. The predicted molar refractivity (Wildman–Crippen MR) is 109 cm³/mol. The second-order valence-corrected chi connectivity index (χ2v) is 7.22. The molecule has 1 heterocycles. The molecular weight excluding hydrogens is 360 g/mol. The van der Waals surface area contributed by atoms with Crippen molar-refractivity contribution in [1.82, 2.24) is 9.55 Å². The second-order valence-electron chi connectivity index (χ2n) is 6.16. The van der Waals surface area contributed by atoms with Crippen molar-refractivity contribution in [1.29, 1.82) is 0 Å². The first-order valence-electron chi connectivity index (χ1n) is 8.93. The van der Waals surface area contributed by atoms with Gasteiger partial charge in [-0.1, -0.05) is 49.0 Å². The van der Waals surface area contributed by atoms with Crippen LogP contribution >= 0.6 is 11.8 Å². The summed E-state index contributed by atoms with van der Waals surface area (Å²) in [5, 5.41) is 1.20. The Morgan fingerprint density at radius 1 is 1.19 bits per heavy atom. The summed E-state index contributed by atoms with van der Waals surface area (Å²) < 4.78 is 6.51. The maximum absolute atomic E-state index is 13.1. The number of fused-ring (bicyclic) bond motifs is 1. The van der Waals surface area contributed by atoms with Crippen molar-refractivity contribution < 1.29 is 9.53 Å². The molecule has 0 saturated carbocycles. The minimum atomic E-state index is -0.435. The zero-order valence-electron chi connectivity index (χ0n) is 15.5. The molecule has 0 fully saturated rings. The second kappa shape index (κ2) is 8.86. The summed E-state index contributed by atoms with van der Waals surface area (Å²) >= 11 is 1.57. The highest BCUT2D eigenvalue weighted by atomic mass is 32.2. The van der Waals surface area contributed by atoms with Crippen LogP contribution in [0.5, 0.6) is 0 Å². The van der Waals surface area contributed by atoms with E-state index in [4.69, 9.17) is 4.74 Å². The summed E-state index contributed by atoms with van der Waals surface area (Å²) in [6, 6.07) is 15.0. The number of hydrogen-bond acceptors (Lipinski definition) is 5.